The molecule has 0 radical (unpaired) electrons. The van der Waals surface area contributed by atoms with Crippen molar-refractivity contribution in [2.75, 3.05) is 7.11 Å². The molecule has 1 aromatic heterocycles. The van der Waals surface area contributed by atoms with E-state index in [1.807, 2.05) is 39.8 Å². The fourth-order valence-corrected chi connectivity index (χ4v) is 5.26. The average molecular weight is 336 g/mol. The Morgan fingerprint density at radius 3 is 2.35 bits per heavy atom. The molecule has 1 atom stereocenters. The second kappa shape index (κ2) is 6.30. The second-order valence-electron chi connectivity index (χ2n) is 6.16. The van der Waals surface area contributed by atoms with Crippen molar-refractivity contribution in [3.05, 3.63) is 52.3 Å². The predicted molar refractivity (Wildman–Crippen MR) is 91.9 cm³/mol. The number of aryl methyl sites for hydroxylation is 1. The normalized spacial score (nSPS) is 14.3. The summed E-state index contributed by atoms with van der Waals surface area (Å²) >= 11 is 0. The topological polar surface area (TPSA) is 77.9 Å². The van der Waals surface area contributed by atoms with Crippen LogP contribution in [0.15, 0.2) is 45.6 Å². The van der Waals surface area contributed by atoms with E-state index in [-0.39, 0.29) is 10.8 Å². The van der Waals surface area contributed by atoms with Crippen molar-refractivity contribution in [3.8, 4) is 0 Å². The van der Waals surface area contributed by atoms with Gasteiger partial charge in [0.25, 0.3) is 5.69 Å². The van der Waals surface area contributed by atoms with Gasteiger partial charge in [0.05, 0.1) is 4.92 Å². The first kappa shape index (κ1) is 17.4. The Morgan fingerprint density at radius 1 is 1.22 bits per heavy atom. The standard InChI is InChI=1S/C16H21N2O4P/c1-12-10-11-15(22-12)23(21-5,16(2,3)4)17-13-8-6-7-9-14(13)18(19)20/h6-11H,1-5H3. The summed E-state index contributed by atoms with van der Waals surface area (Å²) in [6.45, 7) is 7.85. The Bertz CT molecular complexity index is 774. The lowest BCUT2D eigenvalue weighted by molar-refractivity contribution is -0.384. The van der Waals surface area contributed by atoms with E-state index in [1.165, 1.54) is 6.07 Å². The first-order valence-electron chi connectivity index (χ1n) is 7.20. The van der Waals surface area contributed by atoms with E-state index >= 15 is 0 Å². The zero-order chi connectivity index (χ0) is 17.3. The third kappa shape index (κ3) is 3.23. The van der Waals surface area contributed by atoms with Crippen molar-refractivity contribution in [1.82, 2.24) is 0 Å². The fraction of sp³-hybridized carbons (Fsp3) is 0.375. The highest BCUT2D eigenvalue weighted by atomic mass is 31.2. The summed E-state index contributed by atoms with van der Waals surface area (Å²) < 4.78 is 16.4. The number of nitrogens with zero attached hydrogens (tertiary/aromatic N) is 2. The van der Waals surface area contributed by atoms with Gasteiger partial charge in [-0.3, -0.25) is 10.1 Å². The van der Waals surface area contributed by atoms with Crippen LogP contribution in [0.3, 0.4) is 0 Å². The molecule has 0 aliphatic heterocycles. The molecular weight excluding hydrogens is 315 g/mol. The number of furan rings is 1. The van der Waals surface area contributed by atoms with Crippen LogP contribution in [-0.2, 0) is 4.52 Å². The van der Waals surface area contributed by atoms with E-state index in [1.54, 1.807) is 25.3 Å². The zero-order valence-electron chi connectivity index (χ0n) is 13.9. The van der Waals surface area contributed by atoms with Crippen molar-refractivity contribution >= 4 is 24.2 Å². The van der Waals surface area contributed by atoms with Crippen LogP contribution in [0.4, 0.5) is 11.4 Å². The van der Waals surface area contributed by atoms with Gasteiger partial charge in [-0.2, -0.15) is 0 Å². The van der Waals surface area contributed by atoms with Gasteiger partial charge in [-0.25, -0.2) is 4.74 Å². The zero-order valence-corrected chi connectivity index (χ0v) is 14.8. The van der Waals surface area contributed by atoms with Gasteiger partial charge in [0.1, 0.15) is 11.4 Å². The van der Waals surface area contributed by atoms with Crippen molar-refractivity contribution in [1.29, 1.82) is 0 Å². The minimum Gasteiger partial charge on any atom is -0.458 e. The van der Waals surface area contributed by atoms with E-state index in [2.05, 4.69) is 0 Å². The van der Waals surface area contributed by atoms with Crippen LogP contribution in [0.2, 0.25) is 0 Å². The third-order valence-electron chi connectivity index (χ3n) is 3.53. The quantitative estimate of drug-likeness (QED) is 0.446. The van der Waals surface area contributed by atoms with Crippen LogP contribution in [-0.4, -0.2) is 17.2 Å². The number of benzene rings is 1. The Morgan fingerprint density at radius 2 is 1.87 bits per heavy atom. The van der Waals surface area contributed by atoms with Gasteiger partial charge >= 0.3 is 0 Å². The van der Waals surface area contributed by atoms with Crippen LogP contribution < -0.4 is 5.50 Å². The van der Waals surface area contributed by atoms with Crippen LogP contribution >= 0.6 is 7.28 Å². The van der Waals surface area contributed by atoms with Crippen LogP contribution in [0.25, 0.3) is 0 Å². The Kier molecular flexibility index (Phi) is 4.78. The summed E-state index contributed by atoms with van der Waals surface area (Å²) in [7, 11) is -1.05. The molecule has 23 heavy (non-hydrogen) atoms. The highest BCUT2D eigenvalue weighted by molar-refractivity contribution is 7.70. The summed E-state index contributed by atoms with van der Waals surface area (Å²) in [5.41, 5.74) is 0.890. The first-order valence-corrected chi connectivity index (χ1v) is 8.86. The summed E-state index contributed by atoms with van der Waals surface area (Å²) in [5, 5.41) is 10.9. The lowest BCUT2D eigenvalue weighted by atomic mass is 10.3. The molecule has 0 saturated carbocycles. The van der Waals surface area contributed by atoms with Crippen molar-refractivity contribution in [2.24, 2.45) is 4.74 Å². The summed E-state index contributed by atoms with van der Waals surface area (Å²) in [6, 6.07) is 10.1. The molecule has 0 fully saturated rings. The third-order valence-corrected chi connectivity index (χ3v) is 7.21. The molecule has 0 spiro atoms. The molecule has 0 saturated heterocycles. The SMILES string of the molecule is COP(=Nc1ccccc1[N+](=O)[O-])(c1ccc(C)o1)C(C)(C)C. The maximum Gasteiger partial charge on any atom is 0.294 e. The van der Waals surface area contributed by atoms with Crippen LogP contribution in [0.1, 0.15) is 26.5 Å². The Hall–Kier alpha value is -1.91. The summed E-state index contributed by atoms with van der Waals surface area (Å²) in [4.78, 5) is 10.8. The molecule has 1 aromatic carbocycles. The van der Waals surface area contributed by atoms with Crippen LogP contribution in [0.5, 0.6) is 0 Å². The molecule has 2 aromatic rings. The van der Waals surface area contributed by atoms with Gasteiger partial charge in [0.15, 0.2) is 12.8 Å². The van der Waals surface area contributed by atoms with Gasteiger partial charge in [0, 0.05) is 18.3 Å². The molecule has 1 heterocycles. The highest BCUT2D eigenvalue weighted by Gasteiger charge is 2.39. The number of hydrogen-bond acceptors (Lipinski definition) is 5. The van der Waals surface area contributed by atoms with Crippen molar-refractivity contribution in [3.63, 3.8) is 0 Å². The number of nitro groups is 1. The Balaban J connectivity index is 2.81. The molecule has 0 aliphatic rings. The van der Waals surface area contributed by atoms with Gasteiger partial charge in [-0.05, 0) is 25.1 Å². The maximum atomic E-state index is 11.3. The van der Waals surface area contributed by atoms with E-state index < -0.39 is 12.2 Å². The maximum absolute atomic E-state index is 11.3. The van der Waals surface area contributed by atoms with E-state index in [4.69, 9.17) is 13.7 Å². The molecule has 7 heteroatoms. The summed E-state index contributed by atoms with van der Waals surface area (Å²) in [5.74, 6) is 0.753. The van der Waals surface area contributed by atoms with E-state index in [0.29, 0.717) is 11.2 Å². The molecule has 2 rings (SSSR count). The van der Waals surface area contributed by atoms with Crippen LogP contribution in [0, 0.1) is 17.0 Å². The predicted octanol–water partition coefficient (Wildman–Crippen LogP) is 5.01. The lowest BCUT2D eigenvalue weighted by Gasteiger charge is -2.33. The molecular formula is C16H21N2O4P. The summed E-state index contributed by atoms with van der Waals surface area (Å²) in [6.07, 6.45) is 0. The monoisotopic (exact) mass is 336 g/mol. The molecule has 124 valence electrons. The number of hydrogen-bond donors (Lipinski definition) is 0. The number of nitro benzene ring substituents is 1. The minimum atomic E-state index is -2.63. The molecule has 0 bridgehead atoms. The van der Waals surface area contributed by atoms with E-state index in [9.17, 15) is 10.1 Å². The lowest BCUT2D eigenvalue weighted by Crippen LogP contribution is -2.23. The van der Waals surface area contributed by atoms with Crippen molar-refractivity contribution in [2.45, 2.75) is 32.9 Å². The molecule has 0 aliphatic carbocycles. The first-order chi connectivity index (χ1) is 10.7. The highest BCUT2D eigenvalue weighted by Crippen LogP contribution is 2.62. The smallest absolute Gasteiger partial charge is 0.294 e. The average Bonchev–Trinajstić information content (AvgIpc) is 2.90. The number of rotatable bonds is 4. The molecule has 1 unspecified atom stereocenters. The number of para-hydroxylation sites is 1. The van der Waals surface area contributed by atoms with Gasteiger partial charge < -0.3 is 8.94 Å². The van der Waals surface area contributed by atoms with Gasteiger partial charge in [-0.15, -0.1) is 0 Å². The fourth-order valence-electron chi connectivity index (χ4n) is 2.37. The second-order valence-corrected chi connectivity index (χ2v) is 9.66. The Labute approximate surface area is 135 Å². The molecule has 0 amide bonds. The van der Waals surface area contributed by atoms with Crippen molar-refractivity contribution < 1.29 is 13.9 Å². The molecule has 6 nitrogen and oxygen atoms in total. The molecule has 0 N–H and O–H groups in total. The van der Waals surface area contributed by atoms with E-state index in [0.717, 1.165) is 5.76 Å². The minimum absolute atomic E-state index is 0.0403. The van der Waals surface area contributed by atoms with Gasteiger partial charge in [-0.1, -0.05) is 32.9 Å². The largest absolute Gasteiger partial charge is 0.458 e. The van der Waals surface area contributed by atoms with Gasteiger partial charge in [0.2, 0.25) is 0 Å².